The Morgan fingerprint density at radius 2 is 2.25 bits per heavy atom. The summed E-state index contributed by atoms with van der Waals surface area (Å²) in [5, 5.41) is 8.79. The van der Waals surface area contributed by atoms with E-state index in [1.54, 1.807) is 18.2 Å². The fourth-order valence-corrected chi connectivity index (χ4v) is 2.47. The predicted octanol–water partition coefficient (Wildman–Crippen LogP) is 1.10. The topological polar surface area (TPSA) is 79.5 Å². The minimum Gasteiger partial charge on any atom is -0.482 e. The fraction of sp³-hybridized carbons (Fsp3) is 0.429. The molecule has 2 heterocycles. The maximum Gasteiger partial charge on any atom is 0.262 e. The molecule has 1 aromatic carbocycles. The number of amides is 2. The van der Waals surface area contributed by atoms with Gasteiger partial charge in [-0.2, -0.15) is 0 Å². The third-order valence-electron chi connectivity index (χ3n) is 3.51. The first-order valence-corrected chi connectivity index (χ1v) is 6.83. The summed E-state index contributed by atoms with van der Waals surface area (Å²) >= 11 is 0. The first-order valence-electron chi connectivity index (χ1n) is 6.83. The van der Waals surface area contributed by atoms with Gasteiger partial charge in [0.25, 0.3) is 5.91 Å². The van der Waals surface area contributed by atoms with Gasteiger partial charge in [0.05, 0.1) is 11.7 Å². The maximum atomic E-state index is 12.1. The summed E-state index contributed by atoms with van der Waals surface area (Å²) < 4.78 is 5.27. The Labute approximate surface area is 116 Å². The zero-order chi connectivity index (χ0) is 13.9. The summed E-state index contributed by atoms with van der Waals surface area (Å²) in [5.41, 5.74) is 1.25. The molecule has 20 heavy (non-hydrogen) atoms. The second-order valence-electron chi connectivity index (χ2n) is 5.04. The molecule has 3 rings (SSSR count). The maximum absolute atomic E-state index is 12.1. The lowest BCUT2D eigenvalue weighted by Crippen LogP contribution is -2.43. The van der Waals surface area contributed by atoms with Crippen molar-refractivity contribution in [3.05, 3.63) is 18.2 Å². The molecule has 0 radical (unpaired) electrons. The number of carbonyl (C=O) groups is 2. The van der Waals surface area contributed by atoms with Gasteiger partial charge >= 0.3 is 0 Å². The number of carbonyl (C=O) groups excluding carboxylic acids is 2. The van der Waals surface area contributed by atoms with Gasteiger partial charge in [0.1, 0.15) is 5.75 Å². The summed E-state index contributed by atoms with van der Waals surface area (Å²) in [6.07, 6.45) is 3.04. The highest BCUT2D eigenvalue weighted by molar-refractivity contribution is 5.98. The fourth-order valence-electron chi connectivity index (χ4n) is 2.47. The number of rotatable bonds is 2. The normalized spacial score (nSPS) is 21.4. The molecule has 1 fully saturated rings. The van der Waals surface area contributed by atoms with Gasteiger partial charge in [-0.25, -0.2) is 0 Å². The number of hydrogen-bond donors (Lipinski definition) is 3. The van der Waals surface area contributed by atoms with Crippen molar-refractivity contribution < 1.29 is 14.3 Å². The highest BCUT2D eigenvalue weighted by Crippen LogP contribution is 2.30. The lowest BCUT2D eigenvalue weighted by molar-refractivity contribution is -0.119. The van der Waals surface area contributed by atoms with Gasteiger partial charge in [-0.05, 0) is 37.6 Å². The molecule has 6 heteroatoms. The summed E-state index contributed by atoms with van der Waals surface area (Å²) in [6.45, 7) is 0.914. The monoisotopic (exact) mass is 275 g/mol. The van der Waals surface area contributed by atoms with Gasteiger partial charge < -0.3 is 20.7 Å². The van der Waals surface area contributed by atoms with Crippen LogP contribution in [0.4, 0.5) is 11.4 Å². The van der Waals surface area contributed by atoms with Crippen LogP contribution in [0.5, 0.6) is 5.75 Å². The van der Waals surface area contributed by atoms with Crippen LogP contribution in [0.3, 0.4) is 0 Å². The van der Waals surface area contributed by atoms with Crippen molar-refractivity contribution >= 4 is 23.2 Å². The second kappa shape index (κ2) is 5.50. The van der Waals surface area contributed by atoms with Gasteiger partial charge in [-0.3, -0.25) is 9.59 Å². The van der Waals surface area contributed by atoms with E-state index in [0.29, 0.717) is 17.1 Å². The predicted molar refractivity (Wildman–Crippen MR) is 74.8 cm³/mol. The van der Waals surface area contributed by atoms with Crippen molar-refractivity contribution in [3.63, 3.8) is 0 Å². The smallest absolute Gasteiger partial charge is 0.262 e. The number of anilines is 2. The van der Waals surface area contributed by atoms with Crippen LogP contribution >= 0.6 is 0 Å². The average molecular weight is 275 g/mol. The first-order chi connectivity index (χ1) is 9.72. The Hall–Kier alpha value is -2.08. The summed E-state index contributed by atoms with van der Waals surface area (Å²) in [5.74, 6) is 0.404. The van der Waals surface area contributed by atoms with Crippen LogP contribution in [0, 0.1) is 0 Å². The van der Waals surface area contributed by atoms with Crippen LogP contribution < -0.4 is 20.7 Å². The molecule has 1 saturated heterocycles. The number of benzene rings is 1. The summed E-state index contributed by atoms with van der Waals surface area (Å²) in [7, 11) is 0. The van der Waals surface area contributed by atoms with Crippen LogP contribution in [-0.2, 0) is 9.59 Å². The van der Waals surface area contributed by atoms with Crippen LogP contribution in [-0.4, -0.2) is 31.0 Å². The second-order valence-corrected chi connectivity index (χ2v) is 5.04. The van der Waals surface area contributed by atoms with Crippen molar-refractivity contribution in [2.24, 2.45) is 0 Å². The van der Waals surface area contributed by atoms with E-state index >= 15 is 0 Å². The molecule has 1 atom stereocenters. The molecule has 0 aliphatic carbocycles. The molecule has 2 aliphatic heterocycles. The summed E-state index contributed by atoms with van der Waals surface area (Å²) in [6, 6.07) is 5.11. The molecule has 6 nitrogen and oxygen atoms in total. The molecule has 3 N–H and O–H groups in total. The number of piperidine rings is 1. The van der Waals surface area contributed by atoms with Crippen molar-refractivity contribution in [1.82, 2.24) is 5.32 Å². The zero-order valence-electron chi connectivity index (χ0n) is 11.1. The highest BCUT2D eigenvalue weighted by atomic mass is 16.5. The van der Waals surface area contributed by atoms with Gasteiger partial charge in [0.15, 0.2) is 6.61 Å². The molecule has 0 unspecified atom stereocenters. The van der Waals surface area contributed by atoms with E-state index < -0.39 is 0 Å². The van der Waals surface area contributed by atoms with Gasteiger partial charge in [-0.15, -0.1) is 0 Å². The van der Waals surface area contributed by atoms with E-state index in [2.05, 4.69) is 16.0 Å². The van der Waals surface area contributed by atoms with E-state index in [4.69, 9.17) is 4.74 Å². The number of fused-ring (bicyclic) bond motifs is 1. The lowest BCUT2D eigenvalue weighted by Gasteiger charge is -2.23. The minimum atomic E-state index is -0.185. The van der Waals surface area contributed by atoms with Crippen LogP contribution in [0.25, 0.3) is 0 Å². The molecule has 0 saturated carbocycles. The Kier molecular flexibility index (Phi) is 3.56. The lowest BCUT2D eigenvalue weighted by atomic mass is 10.0. The Balaban J connectivity index is 1.69. The Bertz CT molecular complexity index is 538. The minimum absolute atomic E-state index is 0.0324. The molecular weight excluding hydrogens is 258 g/mol. The highest BCUT2D eigenvalue weighted by Gasteiger charge is 2.21. The molecule has 2 amide bonds. The summed E-state index contributed by atoms with van der Waals surface area (Å²) in [4.78, 5) is 23.4. The first kappa shape index (κ1) is 12.9. The third-order valence-corrected chi connectivity index (χ3v) is 3.51. The van der Waals surface area contributed by atoms with Crippen molar-refractivity contribution in [3.8, 4) is 5.75 Å². The molecule has 0 aromatic heterocycles. The molecule has 2 aliphatic rings. The van der Waals surface area contributed by atoms with Crippen LogP contribution in [0.15, 0.2) is 18.2 Å². The molecule has 106 valence electrons. The SMILES string of the molecule is O=C1COc2ccc(NC(=O)[C@@H]3CCCCN3)cc2N1. The van der Waals surface area contributed by atoms with Crippen LogP contribution in [0.2, 0.25) is 0 Å². The molecular formula is C14H17N3O3. The Morgan fingerprint density at radius 3 is 3.05 bits per heavy atom. The number of hydrogen-bond acceptors (Lipinski definition) is 4. The van der Waals surface area contributed by atoms with E-state index in [1.807, 2.05) is 0 Å². The van der Waals surface area contributed by atoms with E-state index in [-0.39, 0.29) is 24.5 Å². The number of ether oxygens (including phenoxy) is 1. The van der Waals surface area contributed by atoms with Gasteiger partial charge in [0.2, 0.25) is 5.91 Å². The third kappa shape index (κ3) is 2.75. The average Bonchev–Trinajstić information content (AvgIpc) is 2.47. The van der Waals surface area contributed by atoms with Gasteiger partial charge in [-0.1, -0.05) is 6.42 Å². The zero-order valence-corrected chi connectivity index (χ0v) is 11.1. The standard InChI is InChI=1S/C14H17N3O3/c18-13-8-20-12-5-4-9(7-11(12)17-13)16-14(19)10-3-1-2-6-15-10/h4-5,7,10,15H,1-3,6,8H2,(H,16,19)(H,17,18)/t10-/m0/s1. The van der Waals surface area contributed by atoms with Crippen molar-refractivity contribution in [2.45, 2.75) is 25.3 Å². The van der Waals surface area contributed by atoms with Crippen molar-refractivity contribution in [2.75, 3.05) is 23.8 Å². The largest absolute Gasteiger partial charge is 0.482 e. The van der Waals surface area contributed by atoms with Crippen LogP contribution in [0.1, 0.15) is 19.3 Å². The molecule has 1 aromatic rings. The van der Waals surface area contributed by atoms with E-state index in [1.165, 1.54) is 0 Å². The van der Waals surface area contributed by atoms with Gasteiger partial charge in [0, 0.05) is 5.69 Å². The van der Waals surface area contributed by atoms with Crippen molar-refractivity contribution in [1.29, 1.82) is 0 Å². The van der Waals surface area contributed by atoms with E-state index in [0.717, 1.165) is 25.8 Å². The molecule has 0 bridgehead atoms. The molecule has 0 spiro atoms. The Morgan fingerprint density at radius 1 is 1.35 bits per heavy atom. The van der Waals surface area contributed by atoms with E-state index in [9.17, 15) is 9.59 Å². The number of nitrogens with one attached hydrogen (secondary N) is 3. The quantitative estimate of drug-likeness (QED) is 0.755.